The summed E-state index contributed by atoms with van der Waals surface area (Å²) in [6, 6.07) is 0.559. The van der Waals surface area contributed by atoms with Crippen molar-refractivity contribution in [2.24, 2.45) is 28.9 Å². The van der Waals surface area contributed by atoms with Crippen molar-refractivity contribution >= 4 is 0 Å². The molecule has 2 fully saturated rings. The fourth-order valence-corrected chi connectivity index (χ4v) is 4.25. The van der Waals surface area contributed by atoms with E-state index < -0.39 is 0 Å². The molecule has 4 atom stereocenters. The molecule has 0 aromatic carbocycles. The lowest BCUT2D eigenvalue weighted by Gasteiger charge is -2.35. The van der Waals surface area contributed by atoms with Crippen molar-refractivity contribution in [1.82, 2.24) is 4.90 Å². The quantitative estimate of drug-likeness (QED) is 0.814. The van der Waals surface area contributed by atoms with Gasteiger partial charge in [0.2, 0.25) is 0 Å². The summed E-state index contributed by atoms with van der Waals surface area (Å²) < 4.78 is 0. The highest BCUT2D eigenvalue weighted by Gasteiger charge is 2.40. The van der Waals surface area contributed by atoms with Crippen LogP contribution in [0, 0.1) is 23.2 Å². The molecule has 0 aromatic rings. The Bertz CT molecular complexity index is 269. The van der Waals surface area contributed by atoms with Crippen LogP contribution in [0.3, 0.4) is 0 Å². The Balaban J connectivity index is 1.84. The zero-order chi connectivity index (χ0) is 13.3. The monoisotopic (exact) mass is 252 g/mol. The van der Waals surface area contributed by atoms with Crippen LogP contribution in [0.5, 0.6) is 0 Å². The van der Waals surface area contributed by atoms with E-state index in [1.807, 2.05) is 0 Å². The highest BCUT2D eigenvalue weighted by molar-refractivity contribution is 4.92. The van der Waals surface area contributed by atoms with Gasteiger partial charge in [-0.15, -0.1) is 0 Å². The Morgan fingerprint density at radius 1 is 1.22 bits per heavy atom. The molecule has 0 aromatic heterocycles. The zero-order valence-corrected chi connectivity index (χ0v) is 12.8. The van der Waals surface area contributed by atoms with Crippen molar-refractivity contribution in [3.8, 4) is 0 Å². The molecular weight excluding hydrogens is 220 g/mol. The minimum Gasteiger partial charge on any atom is -0.329 e. The molecule has 0 aliphatic heterocycles. The number of fused-ring (bicyclic) bond motifs is 2. The molecule has 0 radical (unpaired) electrons. The summed E-state index contributed by atoms with van der Waals surface area (Å²) in [5, 5.41) is 0. The summed E-state index contributed by atoms with van der Waals surface area (Å²) in [5.74, 6) is 3.06. The van der Waals surface area contributed by atoms with Gasteiger partial charge in [-0.2, -0.15) is 0 Å². The third-order valence-electron chi connectivity index (χ3n) is 5.15. The van der Waals surface area contributed by atoms with Gasteiger partial charge in [0.1, 0.15) is 0 Å². The molecule has 2 aliphatic rings. The van der Waals surface area contributed by atoms with Gasteiger partial charge in [0, 0.05) is 19.1 Å². The molecule has 2 aliphatic carbocycles. The van der Waals surface area contributed by atoms with E-state index in [0.717, 1.165) is 24.3 Å². The normalized spacial score (nSPS) is 33.3. The first-order valence-electron chi connectivity index (χ1n) is 7.79. The topological polar surface area (TPSA) is 29.3 Å². The maximum absolute atomic E-state index is 5.99. The molecule has 0 spiro atoms. The number of likely N-dealkylation sites (N-methyl/N-ethyl adjacent to an activating group) is 1. The van der Waals surface area contributed by atoms with E-state index in [2.05, 4.69) is 32.7 Å². The number of rotatable bonds is 5. The molecule has 106 valence electrons. The van der Waals surface area contributed by atoms with Crippen LogP contribution in [0.2, 0.25) is 0 Å². The van der Waals surface area contributed by atoms with Gasteiger partial charge in [-0.3, -0.25) is 0 Å². The standard InChI is InChI=1S/C16H32N2/c1-16(2,3)9-15(10-17)18(4)11-14-8-12-5-6-13(14)7-12/h12-15H,5-11,17H2,1-4H3. The first kappa shape index (κ1) is 14.3. The van der Waals surface area contributed by atoms with Crippen LogP contribution in [-0.2, 0) is 0 Å². The molecule has 2 rings (SSSR count). The highest BCUT2D eigenvalue weighted by atomic mass is 15.1. The maximum Gasteiger partial charge on any atom is 0.0220 e. The van der Waals surface area contributed by atoms with Crippen LogP contribution < -0.4 is 5.73 Å². The molecule has 18 heavy (non-hydrogen) atoms. The second-order valence-electron chi connectivity index (χ2n) is 8.03. The van der Waals surface area contributed by atoms with Crippen molar-refractivity contribution in [2.45, 2.75) is 58.9 Å². The lowest BCUT2D eigenvalue weighted by Crippen LogP contribution is -2.43. The molecule has 4 unspecified atom stereocenters. The fraction of sp³-hybridized carbons (Fsp3) is 1.00. The Morgan fingerprint density at radius 2 is 1.94 bits per heavy atom. The minimum atomic E-state index is 0.382. The molecule has 0 saturated heterocycles. The summed E-state index contributed by atoms with van der Waals surface area (Å²) >= 11 is 0. The lowest BCUT2D eigenvalue weighted by molar-refractivity contribution is 0.142. The van der Waals surface area contributed by atoms with Gasteiger partial charge in [-0.05, 0) is 55.9 Å². The number of nitrogens with two attached hydrogens (primary N) is 1. The van der Waals surface area contributed by atoms with Crippen LogP contribution in [0.15, 0.2) is 0 Å². The second-order valence-corrected chi connectivity index (χ2v) is 8.03. The average Bonchev–Trinajstić information content (AvgIpc) is 2.86. The molecular formula is C16H32N2. The fourth-order valence-electron chi connectivity index (χ4n) is 4.25. The minimum absolute atomic E-state index is 0.382. The molecule has 0 heterocycles. The van der Waals surface area contributed by atoms with Crippen LogP contribution >= 0.6 is 0 Å². The van der Waals surface area contributed by atoms with Crippen LogP contribution in [0.4, 0.5) is 0 Å². The van der Waals surface area contributed by atoms with E-state index in [1.165, 1.54) is 38.6 Å². The smallest absolute Gasteiger partial charge is 0.0220 e. The zero-order valence-electron chi connectivity index (χ0n) is 12.8. The van der Waals surface area contributed by atoms with E-state index in [1.54, 1.807) is 0 Å². The Kier molecular flexibility index (Phi) is 4.38. The van der Waals surface area contributed by atoms with Crippen molar-refractivity contribution in [3.05, 3.63) is 0 Å². The van der Waals surface area contributed by atoms with E-state index in [4.69, 9.17) is 5.73 Å². The van der Waals surface area contributed by atoms with Gasteiger partial charge >= 0.3 is 0 Å². The number of nitrogens with zero attached hydrogens (tertiary/aromatic N) is 1. The van der Waals surface area contributed by atoms with E-state index in [0.29, 0.717) is 11.5 Å². The van der Waals surface area contributed by atoms with Crippen LogP contribution in [0.1, 0.15) is 52.9 Å². The Labute approximate surface area is 113 Å². The molecule has 0 amide bonds. The van der Waals surface area contributed by atoms with Crippen molar-refractivity contribution < 1.29 is 0 Å². The van der Waals surface area contributed by atoms with Crippen molar-refractivity contribution in [3.63, 3.8) is 0 Å². The van der Waals surface area contributed by atoms with Crippen molar-refractivity contribution in [2.75, 3.05) is 20.1 Å². The summed E-state index contributed by atoms with van der Waals surface area (Å²) in [4.78, 5) is 2.55. The summed E-state index contributed by atoms with van der Waals surface area (Å²) in [6.45, 7) is 9.04. The first-order valence-corrected chi connectivity index (χ1v) is 7.79. The average molecular weight is 252 g/mol. The van der Waals surface area contributed by atoms with E-state index >= 15 is 0 Å². The van der Waals surface area contributed by atoms with Gasteiger partial charge in [-0.1, -0.05) is 27.2 Å². The largest absolute Gasteiger partial charge is 0.329 e. The van der Waals surface area contributed by atoms with E-state index in [-0.39, 0.29) is 0 Å². The van der Waals surface area contributed by atoms with Crippen LogP contribution in [0.25, 0.3) is 0 Å². The lowest BCUT2D eigenvalue weighted by atomic mass is 9.85. The molecule has 2 bridgehead atoms. The Morgan fingerprint density at radius 3 is 2.39 bits per heavy atom. The van der Waals surface area contributed by atoms with Gasteiger partial charge in [0.25, 0.3) is 0 Å². The second kappa shape index (κ2) is 5.50. The van der Waals surface area contributed by atoms with Gasteiger partial charge in [0.15, 0.2) is 0 Å². The summed E-state index contributed by atoms with van der Waals surface area (Å²) in [7, 11) is 2.29. The molecule has 2 N–H and O–H groups in total. The van der Waals surface area contributed by atoms with Gasteiger partial charge in [0.05, 0.1) is 0 Å². The van der Waals surface area contributed by atoms with Crippen molar-refractivity contribution in [1.29, 1.82) is 0 Å². The number of hydrogen-bond donors (Lipinski definition) is 1. The predicted molar refractivity (Wildman–Crippen MR) is 78.5 cm³/mol. The molecule has 2 heteroatoms. The summed E-state index contributed by atoms with van der Waals surface area (Å²) in [6.07, 6.45) is 7.22. The highest BCUT2D eigenvalue weighted by Crippen LogP contribution is 2.48. The number of hydrogen-bond acceptors (Lipinski definition) is 2. The molecule has 2 nitrogen and oxygen atoms in total. The third kappa shape index (κ3) is 3.48. The van der Waals surface area contributed by atoms with E-state index in [9.17, 15) is 0 Å². The Hall–Kier alpha value is -0.0800. The predicted octanol–water partition coefficient (Wildman–Crippen LogP) is 3.12. The molecule has 2 saturated carbocycles. The third-order valence-corrected chi connectivity index (χ3v) is 5.15. The maximum atomic E-state index is 5.99. The first-order chi connectivity index (χ1) is 8.39. The van der Waals surface area contributed by atoms with Crippen LogP contribution in [-0.4, -0.2) is 31.1 Å². The van der Waals surface area contributed by atoms with Gasteiger partial charge in [-0.25, -0.2) is 0 Å². The summed E-state index contributed by atoms with van der Waals surface area (Å²) in [5.41, 5.74) is 6.37. The van der Waals surface area contributed by atoms with Gasteiger partial charge < -0.3 is 10.6 Å². The SMILES string of the molecule is CN(CC1CC2CCC1C2)C(CN)CC(C)(C)C.